The summed E-state index contributed by atoms with van der Waals surface area (Å²) in [6, 6.07) is 11.7. The Morgan fingerprint density at radius 1 is 0.960 bits per heavy atom. The molecule has 3 rings (SSSR count). The fraction of sp³-hybridized carbons (Fsp3) is 0.333. The first-order valence-corrected chi connectivity index (χ1v) is 10.3. The highest BCUT2D eigenvalue weighted by atomic mass is 35.5. The van der Waals surface area contributed by atoms with Gasteiger partial charge in [-0.3, -0.25) is 0 Å². The normalized spacial score (nSPS) is 21.2. The SMILES string of the molecule is O=S(=O)(NC1CCC(O)CC1)c1ccc(-c2ccc(Cl)cc2Cl)cc1. The summed E-state index contributed by atoms with van der Waals surface area (Å²) in [5, 5.41) is 10.6. The Bertz CT molecular complexity index is 845. The van der Waals surface area contributed by atoms with Gasteiger partial charge in [-0.1, -0.05) is 41.4 Å². The molecule has 0 spiro atoms. The second-order valence-corrected chi connectivity index (χ2v) is 8.83. The predicted octanol–water partition coefficient (Wildman–Crippen LogP) is 4.24. The Morgan fingerprint density at radius 3 is 2.20 bits per heavy atom. The molecule has 0 heterocycles. The molecule has 25 heavy (non-hydrogen) atoms. The van der Waals surface area contributed by atoms with Gasteiger partial charge in [0.2, 0.25) is 10.0 Å². The van der Waals surface area contributed by atoms with Crippen molar-refractivity contribution in [3.8, 4) is 11.1 Å². The minimum absolute atomic E-state index is 0.126. The maximum Gasteiger partial charge on any atom is 0.240 e. The van der Waals surface area contributed by atoms with Crippen LogP contribution < -0.4 is 4.72 Å². The molecule has 0 amide bonds. The van der Waals surface area contributed by atoms with Crippen molar-refractivity contribution in [3.05, 3.63) is 52.5 Å². The summed E-state index contributed by atoms with van der Waals surface area (Å²) in [6.45, 7) is 0. The quantitative estimate of drug-likeness (QED) is 0.807. The molecule has 1 aliphatic carbocycles. The van der Waals surface area contributed by atoms with E-state index in [1.807, 2.05) is 0 Å². The number of hydrogen-bond donors (Lipinski definition) is 2. The van der Waals surface area contributed by atoms with Gasteiger partial charge in [0.05, 0.1) is 11.0 Å². The van der Waals surface area contributed by atoms with Crippen LogP contribution in [-0.2, 0) is 10.0 Å². The van der Waals surface area contributed by atoms with Crippen molar-refractivity contribution >= 4 is 33.2 Å². The molecular weight excluding hydrogens is 381 g/mol. The van der Waals surface area contributed by atoms with Crippen molar-refractivity contribution in [2.75, 3.05) is 0 Å². The molecule has 1 fully saturated rings. The van der Waals surface area contributed by atoms with E-state index in [9.17, 15) is 13.5 Å². The van der Waals surface area contributed by atoms with Crippen molar-refractivity contribution in [1.29, 1.82) is 0 Å². The van der Waals surface area contributed by atoms with Gasteiger partial charge in [-0.25, -0.2) is 13.1 Å². The molecule has 0 aliphatic heterocycles. The van der Waals surface area contributed by atoms with E-state index in [4.69, 9.17) is 23.2 Å². The van der Waals surface area contributed by atoms with Crippen LogP contribution in [0, 0.1) is 0 Å². The molecule has 7 heteroatoms. The molecule has 0 radical (unpaired) electrons. The molecule has 4 nitrogen and oxygen atoms in total. The molecule has 0 atom stereocenters. The first kappa shape index (κ1) is 18.7. The molecule has 1 aliphatic rings. The third-order valence-corrected chi connectivity index (χ3v) is 6.51. The van der Waals surface area contributed by atoms with E-state index < -0.39 is 10.0 Å². The van der Waals surface area contributed by atoms with Crippen LogP contribution in [-0.4, -0.2) is 25.7 Å². The van der Waals surface area contributed by atoms with Crippen LogP contribution in [0.1, 0.15) is 25.7 Å². The molecule has 0 unspecified atom stereocenters. The summed E-state index contributed by atoms with van der Waals surface area (Å²) in [5.41, 5.74) is 1.62. The molecule has 0 saturated heterocycles. The van der Waals surface area contributed by atoms with Crippen LogP contribution in [0.4, 0.5) is 0 Å². The Kier molecular flexibility index (Phi) is 5.71. The lowest BCUT2D eigenvalue weighted by Crippen LogP contribution is -2.38. The van der Waals surface area contributed by atoms with Crippen LogP contribution in [0.5, 0.6) is 0 Å². The lowest BCUT2D eigenvalue weighted by molar-refractivity contribution is 0.120. The van der Waals surface area contributed by atoms with E-state index in [1.54, 1.807) is 42.5 Å². The van der Waals surface area contributed by atoms with Crippen LogP contribution in [0.3, 0.4) is 0 Å². The Labute approximate surface area is 157 Å². The fourth-order valence-electron chi connectivity index (χ4n) is 3.02. The molecule has 1 saturated carbocycles. The molecule has 134 valence electrons. The third kappa shape index (κ3) is 4.54. The van der Waals surface area contributed by atoms with Gasteiger partial charge in [0, 0.05) is 21.7 Å². The van der Waals surface area contributed by atoms with Crippen molar-refractivity contribution in [2.24, 2.45) is 0 Å². The van der Waals surface area contributed by atoms with Crippen LogP contribution in [0.25, 0.3) is 11.1 Å². The van der Waals surface area contributed by atoms with Crippen LogP contribution >= 0.6 is 23.2 Å². The fourth-order valence-corrected chi connectivity index (χ4v) is 4.84. The van der Waals surface area contributed by atoms with E-state index in [0.29, 0.717) is 35.7 Å². The molecule has 0 bridgehead atoms. The van der Waals surface area contributed by atoms with E-state index >= 15 is 0 Å². The highest BCUT2D eigenvalue weighted by Gasteiger charge is 2.24. The average molecular weight is 400 g/mol. The summed E-state index contributed by atoms with van der Waals surface area (Å²) in [6.07, 6.45) is 2.24. The average Bonchev–Trinajstić information content (AvgIpc) is 2.57. The van der Waals surface area contributed by atoms with E-state index in [1.165, 1.54) is 0 Å². The van der Waals surface area contributed by atoms with Crippen LogP contribution in [0.15, 0.2) is 47.4 Å². The Morgan fingerprint density at radius 2 is 1.60 bits per heavy atom. The van der Waals surface area contributed by atoms with Gasteiger partial charge >= 0.3 is 0 Å². The number of benzene rings is 2. The first-order chi connectivity index (χ1) is 11.8. The molecule has 2 aromatic carbocycles. The van der Waals surface area contributed by atoms with E-state index in [0.717, 1.165) is 11.1 Å². The first-order valence-electron chi connectivity index (χ1n) is 8.11. The highest BCUT2D eigenvalue weighted by molar-refractivity contribution is 7.89. The van der Waals surface area contributed by atoms with Crippen molar-refractivity contribution in [3.63, 3.8) is 0 Å². The molecule has 2 aromatic rings. The molecule has 2 N–H and O–H groups in total. The lowest BCUT2D eigenvalue weighted by atomic mass is 9.94. The van der Waals surface area contributed by atoms with Gasteiger partial charge in [-0.05, 0) is 55.5 Å². The van der Waals surface area contributed by atoms with Crippen molar-refractivity contribution in [2.45, 2.75) is 42.7 Å². The largest absolute Gasteiger partial charge is 0.393 e. The number of rotatable bonds is 4. The van der Waals surface area contributed by atoms with E-state index in [2.05, 4.69) is 4.72 Å². The minimum atomic E-state index is -3.58. The third-order valence-electron chi connectivity index (χ3n) is 4.43. The topological polar surface area (TPSA) is 66.4 Å². The second kappa shape index (κ2) is 7.64. The maximum atomic E-state index is 12.5. The van der Waals surface area contributed by atoms with Gasteiger partial charge in [0.25, 0.3) is 0 Å². The summed E-state index contributed by atoms with van der Waals surface area (Å²) in [7, 11) is -3.58. The zero-order chi connectivity index (χ0) is 18.0. The smallest absolute Gasteiger partial charge is 0.240 e. The van der Waals surface area contributed by atoms with Crippen LogP contribution in [0.2, 0.25) is 10.0 Å². The van der Waals surface area contributed by atoms with Gasteiger partial charge < -0.3 is 5.11 Å². The second-order valence-electron chi connectivity index (χ2n) is 6.28. The number of halogens is 2. The van der Waals surface area contributed by atoms with Gasteiger partial charge in [-0.2, -0.15) is 0 Å². The van der Waals surface area contributed by atoms with Crippen molar-refractivity contribution < 1.29 is 13.5 Å². The monoisotopic (exact) mass is 399 g/mol. The number of aliphatic hydroxyl groups is 1. The predicted molar refractivity (Wildman–Crippen MR) is 100 cm³/mol. The molecule has 0 aromatic heterocycles. The van der Waals surface area contributed by atoms with Gasteiger partial charge in [0.1, 0.15) is 0 Å². The standard InChI is InChI=1S/C18H19Cl2NO3S/c19-13-3-10-17(18(20)11-13)12-1-8-16(9-2-12)25(23,24)21-14-4-6-15(22)7-5-14/h1-3,8-11,14-15,21-22H,4-7H2. The number of sulfonamides is 1. The zero-order valence-corrected chi connectivity index (χ0v) is 15.8. The Hall–Kier alpha value is -1.11. The summed E-state index contributed by atoms with van der Waals surface area (Å²) >= 11 is 12.1. The number of aliphatic hydroxyl groups excluding tert-OH is 1. The minimum Gasteiger partial charge on any atom is -0.393 e. The van der Waals surface area contributed by atoms with Gasteiger partial charge in [-0.15, -0.1) is 0 Å². The summed E-state index contributed by atoms with van der Waals surface area (Å²) < 4.78 is 27.8. The molecular formula is C18H19Cl2NO3S. The van der Waals surface area contributed by atoms with Gasteiger partial charge in [0.15, 0.2) is 0 Å². The maximum absolute atomic E-state index is 12.5. The lowest BCUT2D eigenvalue weighted by Gasteiger charge is -2.26. The van der Waals surface area contributed by atoms with Crippen molar-refractivity contribution in [1.82, 2.24) is 4.72 Å². The number of hydrogen-bond acceptors (Lipinski definition) is 3. The van der Waals surface area contributed by atoms with E-state index in [-0.39, 0.29) is 17.0 Å². The zero-order valence-electron chi connectivity index (χ0n) is 13.5. The summed E-state index contributed by atoms with van der Waals surface area (Å²) in [4.78, 5) is 0.215. The number of nitrogens with one attached hydrogen (secondary N) is 1. The Balaban J connectivity index is 1.77. The highest BCUT2D eigenvalue weighted by Crippen LogP contribution is 2.31. The summed E-state index contributed by atoms with van der Waals surface area (Å²) in [5.74, 6) is 0.